The Bertz CT molecular complexity index is 871. The SMILES string of the molecule is COc1cc(/C=C2/N=C(COc3ccccc3)OC2=O)c(OC)cc1C. The van der Waals surface area contributed by atoms with E-state index in [9.17, 15) is 4.79 Å². The van der Waals surface area contributed by atoms with Gasteiger partial charge in [-0.2, -0.15) is 0 Å². The monoisotopic (exact) mass is 353 g/mol. The number of para-hydroxylation sites is 1. The number of cyclic esters (lactones) is 1. The molecule has 6 heteroatoms. The Morgan fingerprint density at radius 3 is 2.50 bits per heavy atom. The van der Waals surface area contributed by atoms with E-state index in [0.29, 0.717) is 22.8 Å². The molecule has 0 amide bonds. The summed E-state index contributed by atoms with van der Waals surface area (Å²) in [4.78, 5) is 16.3. The molecule has 0 bridgehead atoms. The van der Waals surface area contributed by atoms with Gasteiger partial charge in [-0.3, -0.25) is 0 Å². The number of benzene rings is 2. The van der Waals surface area contributed by atoms with Gasteiger partial charge in [0.2, 0.25) is 5.90 Å². The van der Waals surface area contributed by atoms with Crippen LogP contribution in [-0.2, 0) is 9.53 Å². The van der Waals surface area contributed by atoms with E-state index >= 15 is 0 Å². The lowest BCUT2D eigenvalue weighted by molar-refractivity contribution is -0.130. The molecule has 1 aliphatic heterocycles. The van der Waals surface area contributed by atoms with Crippen LogP contribution in [0.5, 0.6) is 17.2 Å². The molecule has 0 aromatic heterocycles. The smallest absolute Gasteiger partial charge is 0.363 e. The van der Waals surface area contributed by atoms with Crippen molar-refractivity contribution in [1.82, 2.24) is 0 Å². The van der Waals surface area contributed by atoms with Crippen LogP contribution in [0.15, 0.2) is 53.2 Å². The molecule has 0 saturated carbocycles. The summed E-state index contributed by atoms with van der Waals surface area (Å²) in [6.45, 7) is 1.99. The predicted octanol–water partition coefficient (Wildman–Crippen LogP) is 3.39. The van der Waals surface area contributed by atoms with Crippen LogP contribution < -0.4 is 14.2 Å². The lowest BCUT2D eigenvalue weighted by atomic mass is 10.1. The fourth-order valence-corrected chi connectivity index (χ4v) is 2.51. The third-order valence-corrected chi connectivity index (χ3v) is 3.81. The fourth-order valence-electron chi connectivity index (χ4n) is 2.51. The Balaban J connectivity index is 1.82. The molecule has 6 nitrogen and oxygen atoms in total. The van der Waals surface area contributed by atoms with Gasteiger partial charge in [-0.05, 0) is 42.8 Å². The standard InChI is InChI=1S/C20H19NO5/c1-13-9-18(24-3)14(11-17(13)23-2)10-16-20(22)26-19(21-16)12-25-15-7-5-4-6-8-15/h4-11H,12H2,1-3H3/b16-10+. The summed E-state index contributed by atoms with van der Waals surface area (Å²) in [5.74, 6) is 1.67. The maximum atomic E-state index is 12.1. The molecule has 1 heterocycles. The lowest BCUT2D eigenvalue weighted by Crippen LogP contribution is -2.13. The number of carbonyl (C=O) groups excluding carboxylic acids is 1. The maximum Gasteiger partial charge on any atom is 0.363 e. The van der Waals surface area contributed by atoms with Crippen molar-refractivity contribution in [3.8, 4) is 17.2 Å². The molecule has 134 valence electrons. The van der Waals surface area contributed by atoms with Crippen LogP contribution in [0.2, 0.25) is 0 Å². The largest absolute Gasteiger partial charge is 0.496 e. The molecule has 0 atom stereocenters. The third kappa shape index (κ3) is 3.85. The molecule has 0 fully saturated rings. The molecular weight excluding hydrogens is 334 g/mol. The highest BCUT2D eigenvalue weighted by Crippen LogP contribution is 2.30. The fraction of sp³-hybridized carbons (Fsp3) is 0.200. The number of hydrogen-bond acceptors (Lipinski definition) is 6. The van der Waals surface area contributed by atoms with Crippen molar-refractivity contribution in [1.29, 1.82) is 0 Å². The van der Waals surface area contributed by atoms with Gasteiger partial charge in [-0.15, -0.1) is 0 Å². The molecule has 1 aliphatic rings. The van der Waals surface area contributed by atoms with E-state index in [2.05, 4.69) is 4.99 Å². The van der Waals surface area contributed by atoms with E-state index in [4.69, 9.17) is 18.9 Å². The molecule has 3 rings (SSSR count). The number of methoxy groups -OCH3 is 2. The minimum atomic E-state index is -0.529. The van der Waals surface area contributed by atoms with Gasteiger partial charge >= 0.3 is 5.97 Å². The Morgan fingerprint density at radius 1 is 1.08 bits per heavy atom. The summed E-state index contributed by atoms with van der Waals surface area (Å²) in [5.41, 5.74) is 1.79. The van der Waals surface area contributed by atoms with Crippen molar-refractivity contribution in [3.05, 3.63) is 59.3 Å². The van der Waals surface area contributed by atoms with Crippen molar-refractivity contribution >= 4 is 17.9 Å². The Kier molecular flexibility index (Phi) is 5.22. The van der Waals surface area contributed by atoms with Crippen LogP contribution in [0.1, 0.15) is 11.1 Å². The van der Waals surface area contributed by atoms with Gasteiger partial charge in [0.15, 0.2) is 12.3 Å². The van der Waals surface area contributed by atoms with E-state index in [1.807, 2.05) is 43.3 Å². The molecule has 0 saturated heterocycles. The van der Waals surface area contributed by atoms with Crippen LogP contribution in [0, 0.1) is 6.92 Å². The van der Waals surface area contributed by atoms with Crippen LogP contribution in [0.25, 0.3) is 6.08 Å². The average molecular weight is 353 g/mol. The van der Waals surface area contributed by atoms with Gasteiger partial charge < -0.3 is 18.9 Å². The Morgan fingerprint density at radius 2 is 1.81 bits per heavy atom. The van der Waals surface area contributed by atoms with Crippen LogP contribution >= 0.6 is 0 Å². The number of aryl methyl sites for hydroxylation is 1. The molecule has 0 radical (unpaired) electrons. The molecular formula is C20H19NO5. The zero-order chi connectivity index (χ0) is 18.5. The zero-order valence-electron chi connectivity index (χ0n) is 14.8. The van der Waals surface area contributed by atoms with Gasteiger partial charge in [0.05, 0.1) is 14.2 Å². The Hall–Kier alpha value is -3.28. The lowest BCUT2D eigenvalue weighted by Gasteiger charge is -2.10. The Labute approximate surface area is 151 Å². The maximum absolute atomic E-state index is 12.1. The topological polar surface area (TPSA) is 66.3 Å². The van der Waals surface area contributed by atoms with E-state index < -0.39 is 5.97 Å². The summed E-state index contributed by atoms with van der Waals surface area (Å²) >= 11 is 0. The number of nitrogens with zero attached hydrogens (tertiary/aromatic N) is 1. The van der Waals surface area contributed by atoms with Gasteiger partial charge in [0.1, 0.15) is 17.2 Å². The number of esters is 1. The van der Waals surface area contributed by atoms with E-state index in [1.165, 1.54) is 0 Å². The van der Waals surface area contributed by atoms with Gasteiger partial charge in [0.25, 0.3) is 0 Å². The van der Waals surface area contributed by atoms with E-state index in [1.54, 1.807) is 26.4 Å². The number of hydrogen-bond donors (Lipinski definition) is 0. The van der Waals surface area contributed by atoms with Gasteiger partial charge in [-0.1, -0.05) is 18.2 Å². The number of ether oxygens (including phenoxy) is 4. The van der Waals surface area contributed by atoms with Crippen molar-refractivity contribution in [2.45, 2.75) is 6.92 Å². The van der Waals surface area contributed by atoms with Gasteiger partial charge in [-0.25, -0.2) is 9.79 Å². The first-order valence-electron chi connectivity index (χ1n) is 8.02. The average Bonchev–Trinajstić information content (AvgIpc) is 3.01. The molecule has 2 aromatic carbocycles. The van der Waals surface area contributed by atoms with Gasteiger partial charge in [0, 0.05) is 5.56 Å². The highest BCUT2D eigenvalue weighted by atomic mass is 16.6. The summed E-state index contributed by atoms with van der Waals surface area (Å²) in [5, 5.41) is 0. The molecule has 26 heavy (non-hydrogen) atoms. The number of carbonyl (C=O) groups is 1. The minimum Gasteiger partial charge on any atom is -0.496 e. The summed E-state index contributed by atoms with van der Waals surface area (Å²) in [6, 6.07) is 12.9. The molecule has 0 spiro atoms. The van der Waals surface area contributed by atoms with Crippen LogP contribution in [0.3, 0.4) is 0 Å². The molecule has 2 aromatic rings. The first kappa shape index (κ1) is 17.5. The van der Waals surface area contributed by atoms with Crippen molar-refractivity contribution in [2.24, 2.45) is 4.99 Å². The summed E-state index contributed by atoms with van der Waals surface area (Å²) < 4.78 is 21.4. The summed E-state index contributed by atoms with van der Waals surface area (Å²) in [7, 11) is 3.16. The second kappa shape index (κ2) is 7.74. The highest BCUT2D eigenvalue weighted by Gasteiger charge is 2.24. The minimum absolute atomic E-state index is 0.0709. The normalized spacial score (nSPS) is 14.8. The highest BCUT2D eigenvalue weighted by molar-refractivity contribution is 6.07. The van der Waals surface area contributed by atoms with Crippen LogP contribution in [-0.4, -0.2) is 32.7 Å². The molecule has 0 unspecified atom stereocenters. The van der Waals surface area contributed by atoms with Crippen LogP contribution in [0.4, 0.5) is 0 Å². The number of aliphatic imine (C=N–C) groups is 1. The van der Waals surface area contributed by atoms with E-state index in [0.717, 1.165) is 5.56 Å². The summed E-state index contributed by atoms with van der Waals surface area (Å²) in [6.07, 6.45) is 1.61. The van der Waals surface area contributed by atoms with Crippen molar-refractivity contribution in [2.75, 3.05) is 20.8 Å². The first-order chi connectivity index (χ1) is 12.6. The zero-order valence-corrected chi connectivity index (χ0v) is 14.8. The van der Waals surface area contributed by atoms with E-state index in [-0.39, 0.29) is 18.2 Å². The molecule has 0 aliphatic carbocycles. The molecule has 0 N–H and O–H groups in total. The second-order valence-electron chi connectivity index (χ2n) is 5.59. The van der Waals surface area contributed by atoms with Crippen molar-refractivity contribution in [3.63, 3.8) is 0 Å². The first-order valence-corrected chi connectivity index (χ1v) is 8.02. The predicted molar refractivity (Wildman–Crippen MR) is 97.7 cm³/mol. The quantitative estimate of drug-likeness (QED) is 0.588. The van der Waals surface area contributed by atoms with Crippen molar-refractivity contribution < 1.29 is 23.7 Å². The number of rotatable bonds is 6. The third-order valence-electron chi connectivity index (χ3n) is 3.81. The second-order valence-corrected chi connectivity index (χ2v) is 5.59.